The fourth-order valence-corrected chi connectivity index (χ4v) is 4.51. The summed E-state index contributed by atoms with van der Waals surface area (Å²) in [7, 11) is 0. The van der Waals surface area contributed by atoms with Gasteiger partial charge in [0, 0.05) is 12.2 Å². The van der Waals surface area contributed by atoms with Crippen LogP contribution in [-0.4, -0.2) is 58.7 Å². The smallest absolute Gasteiger partial charge is 0.325 e. The van der Waals surface area contributed by atoms with E-state index in [4.69, 9.17) is 0 Å². The van der Waals surface area contributed by atoms with Gasteiger partial charge in [-0.1, -0.05) is 44.9 Å². The van der Waals surface area contributed by atoms with Crippen LogP contribution in [-0.2, 0) is 14.4 Å². The molecular weight excluding hydrogens is 396 g/mol. The third kappa shape index (κ3) is 4.73. The molecule has 1 aromatic carbocycles. The van der Waals surface area contributed by atoms with Crippen molar-refractivity contribution in [3.63, 3.8) is 0 Å². The standard InChI is InChI=1S/C23H32N4O4/c1-4-13-26(14-19(28)24-18-11-6-5-9-16(18)2)20(29)15-27-21(30)23(25-22(27)31)12-8-7-10-17(23)3/h5-6,9,11,17H,4,7-8,10,12-15H2,1-3H3,(H,24,28)(H,25,31). The summed E-state index contributed by atoms with van der Waals surface area (Å²) < 4.78 is 0. The topological polar surface area (TPSA) is 98.8 Å². The van der Waals surface area contributed by atoms with Gasteiger partial charge in [0.1, 0.15) is 12.1 Å². The van der Waals surface area contributed by atoms with E-state index >= 15 is 0 Å². The number of aryl methyl sites for hydroxylation is 1. The number of anilines is 1. The van der Waals surface area contributed by atoms with Crippen molar-refractivity contribution in [2.45, 2.75) is 58.4 Å². The van der Waals surface area contributed by atoms with E-state index in [0.717, 1.165) is 29.7 Å². The molecule has 1 saturated carbocycles. The van der Waals surface area contributed by atoms with E-state index in [1.165, 1.54) is 4.90 Å². The predicted molar refractivity (Wildman–Crippen MR) is 117 cm³/mol. The van der Waals surface area contributed by atoms with Crippen LogP contribution in [0.1, 0.15) is 51.5 Å². The van der Waals surface area contributed by atoms with Crippen LogP contribution in [0.25, 0.3) is 0 Å². The molecule has 0 radical (unpaired) electrons. The SMILES string of the molecule is CCCN(CC(=O)Nc1ccccc1C)C(=O)CN1C(=O)NC2(CCCCC2C)C1=O. The van der Waals surface area contributed by atoms with Crippen LogP contribution in [0.4, 0.5) is 10.5 Å². The highest BCUT2D eigenvalue weighted by atomic mass is 16.2. The van der Waals surface area contributed by atoms with E-state index in [1.807, 2.05) is 39.0 Å². The fourth-order valence-electron chi connectivity index (χ4n) is 4.51. The molecule has 2 aliphatic rings. The maximum Gasteiger partial charge on any atom is 0.325 e. The normalized spacial score (nSPS) is 23.1. The number of nitrogens with one attached hydrogen (secondary N) is 2. The van der Waals surface area contributed by atoms with Crippen molar-refractivity contribution in [3.05, 3.63) is 29.8 Å². The van der Waals surface area contributed by atoms with Gasteiger partial charge in [-0.05, 0) is 43.7 Å². The molecule has 1 heterocycles. The molecule has 1 saturated heterocycles. The Labute approximate surface area is 183 Å². The number of para-hydroxylation sites is 1. The van der Waals surface area contributed by atoms with Crippen LogP contribution in [0.3, 0.4) is 0 Å². The highest BCUT2D eigenvalue weighted by Gasteiger charge is 2.55. The van der Waals surface area contributed by atoms with Crippen LogP contribution < -0.4 is 10.6 Å². The summed E-state index contributed by atoms with van der Waals surface area (Å²) in [6.45, 7) is 5.66. The van der Waals surface area contributed by atoms with E-state index in [9.17, 15) is 19.2 Å². The molecule has 3 rings (SSSR count). The number of carbonyl (C=O) groups is 4. The summed E-state index contributed by atoms with van der Waals surface area (Å²) in [5.74, 6) is -1.01. The van der Waals surface area contributed by atoms with E-state index in [2.05, 4.69) is 10.6 Å². The van der Waals surface area contributed by atoms with Gasteiger partial charge >= 0.3 is 6.03 Å². The van der Waals surface area contributed by atoms with Crippen molar-refractivity contribution in [2.24, 2.45) is 5.92 Å². The zero-order valence-corrected chi connectivity index (χ0v) is 18.6. The van der Waals surface area contributed by atoms with Gasteiger partial charge in [0.05, 0.1) is 6.54 Å². The molecule has 31 heavy (non-hydrogen) atoms. The van der Waals surface area contributed by atoms with E-state index in [1.54, 1.807) is 6.07 Å². The van der Waals surface area contributed by atoms with Crippen molar-refractivity contribution in [1.82, 2.24) is 15.1 Å². The second-order valence-electron chi connectivity index (χ2n) is 8.62. The maximum absolute atomic E-state index is 13.1. The molecular formula is C23H32N4O4. The predicted octanol–water partition coefficient (Wildman–Crippen LogP) is 2.67. The minimum atomic E-state index is -0.895. The summed E-state index contributed by atoms with van der Waals surface area (Å²) in [6, 6.07) is 6.89. The molecule has 2 fully saturated rings. The van der Waals surface area contributed by atoms with Gasteiger partial charge < -0.3 is 15.5 Å². The maximum atomic E-state index is 13.1. The van der Waals surface area contributed by atoms with Crippen LogP contribution in [0.15, 0.2) is 24.3 Å². The minimum Gasteiger partial charge on any atom is -0.332 e. The second-order valence-corrected chi connectivity index (χ2v) is 8.62. The first kappa shape index (κ1) is 22.8. The molecule has 2 unspecified atom stereocenters. The number of carbonyl (C=O) groups excluding carboxylic acids is 4. The summed E-state index contributed by atoms with van der Waals surface area (Å²) in [5, 5.41) is 5.69. The molecule has 2 N–H and O–H groups in total. The lowest BCUT2D eigenvalue weighted by Crippen LogP contribution is -2.54. The van der Waals surface area contributed by atoms with Gasteiger partial charge in [-0.2, -0.15) is 0 Å². The van der Waals surface area contributed by atoms with Crippen molar-refractivity contribution in [1.29, 1.82) is 0 Å². The average Bonchev–Trinajstić information content (AvgIpc) is 2.96. The Morgan fingerprint density at radius 3 is 2.68 bits per heavy atom. The number of amides is 5. The lowest BCUT2D eigenvalue weighted by molar-refractivity contribution is -0.141. The third-order valence-electron chi connectivity index (χ3n) is 6.39. The lowest BCUT2D eigenvalue weighted by atomic mass is 9.73. The van der Waals surface area contributed by atoms with E-state index in [-0.39, 0.29) is 30.8 Å². The van der Waals surface area contributed by atoms with Crippen molar-refractivity contribution >= 4 is 29.4 Å². The van der Waals surface area contributed by atoms with Gasteiger partial charge in [-0.25, -0.2) is 4.79 Å². The van der Waals surface area contributed by atoms with Crippen LogP contribution in [0, 0.1) is 12.8 Å². The monoisotopic (exact) mass is 428 g/mol. The Hall–Kier alpha value is -2.90. The lowest BCUT2D eigenvalue weighted by Gasteiger charge is -2.36. The summed E-state index contributed by atoms with van der Waals surface area (Å²) in [6.07, 6.45) is 4.03. The molecule has 2 atom stereocenters. The number of imide groups is 1. The molecule has 1 aliphatic carbocycles. The van der Waals surface area contributed by atoms with E-state index in [0.29, 0.717) is 25.1 Å². The summed E-state index contributed by atoms with van der Waals surface area (Å²) in [5.41, 5.74) is 0.724. The molecule has 1 spiro atoms. The highest BCUT2D eigenvalue weighted by Crippen LogP contribution is 2.38. The first-order valence-electron chi connectivity index (χ1n) is 11.1. The quantitative estimate of drug-likeness (QED) is 0.652. The van der Waals surface area contributed by atoms with Gasteiger partial charge in [0.25, 0.3) is 5.91 Å². The van der Waals surface area contributed by atoms with Gasteiger partial charge in [-0.3, -0.25) is 19.3 Å². The second kappa shape index (κ2) is 9.49. The fraction of sp³-hybridized carbons (Fsp3) is 0.565. The largest absolute Gasteiger partial charge is 0.332 e. The molecule has 5 amide bonds. The Kier molecular flexibility index (Phi) is 6.97. The van der Waals surface area contributed by atoms with Crippen LogP contribution in [0.2, 0.25) is 0 Å². The number of hydrogen-bond acceptors (Lipinski definition) is 4. The van der Waals surface area contributed by atoms with Gasteiger partial charge in [0.2, 0.25) is 11.8 Å². The molecule has 8 heteroatoms. The Bertz CT molecular complexity index is 871. The number of rotatable bonds is 7. The van der Waals surface area contributed by atoms with Crippen LogP contribution >= 0.6 is 0 Å². The summed E-state index contributed by atoms with van der Waals surface area (Å²) in [4.78, 5) is 53.6. The average molecular weight is 429 g/mol. The number of benzene rings is 1. The first-order valence-corrected chi connectivity index (χ1v) is 11.1. The van der Waals surface area contributed by atoms with Gasteiger partial charge in [0.15, 0.2) is 0 Å². The Morgan fingerprint density at radius 2 is 2.00 bits per heavy atom. The number of nitrogens with zero attached hydrogens (tertiary/aromatic N) is 2. The molecule has 0 aromatic heterocycles. The minimum absolute atomic E-state index is 0.0319. The molecule has 8 nitrogen and oxygen atoms in total. The third-order valence-corrected chi connectivity index (χ3v) is 6.39. The van der Waals surface area contributed by atoms with Crippen molar-refractivity contribution in [2.75, 3.05) is 25.0 Å². The molecule has 1 aliphatic heterocycles. The zero-order valence-electron chi connectivity index (χ0n) is 18.6. The number of urea groups is 1. The first-order chi connectivity index (χ1) is 14.8. The summed E-state index contributed by atoms with van der Waals surface area (Å²) >= 11 is 0. The highest BCUT2D eigenvalue weighted by molar-refractivity contribution is 6.09. The Morgan fingerprint density at radius 1 is 1.26 bits per heavy atom. The van der Waals surface area contributed by atoms with Crippen molar-refractivity contribution < 1.29 is 19.2 Å². The van der Waals surface area contributed by atoms with E-state index < -0.39 is 17.5 Å². The number of hydrogen-bond donors (Lipinski definition) is 2. The Balaban J connectivity index is 1.66. The van der Waals surface area contributed by atoms with Crippen LogP contribution in [0.5, 0.6) is 0 Å². The molecule has 0 bridgehead atoms. The van der Waals surface area contributed by atoms with Crippen molar-refractivity contribution in [3.8, 4) is 0 Å². The zero-order chi connectivity index (χ0) is 22.6. The molecule has 1 aromatic rings. The molecule has 168 valence electrons. The van der Waals surface area contributed by atoms with Gasteiger partial charge in [-0.15, -0.1) is 0 Å².